The second-order valence-corrected chi connectivity index (χ2v) is 7.39. The average molecular weight is 457 g/mol. The van der Waals surface area contributed by atoms with Crippen LogP contribution in [-0.2, 0) is 20.7 Å². The average Bonchev–Trinajstić information content (AvgIpc) is 2.79. The van der Waals surface area contributed by atoms with Crippen LogP contribution in [0.5, 0.6) is 11.5 Å². The zero-order valence-corrected chi connectivity index (χ0v) is 19.7. The van der Waals surface area contributed by atoms with Gasteiger partial charge < -0.3 is 24.8 Å². The van der Waals surface area contributed by atoms with E-state index < -0.39 is 18.5 Å². The van der Waals surface area contributed by atoms with E-state index in [4.69, 9.17) is 14.2 Å². The summed E-state index contributed by atoms with van der Waals surface area (Å²) in [4.78, 5) is 35.9. The molecule has 0 aromatic heterocycles. The Bertz CT molecular complexity index is 973. The van der Waals surface area contributed by atoms with E-state index in [2.05, 4.69) is 10.6 Å². The van der Waals surface area contributed by atoms with Crippen LogP contribution in [-0.4, -0.2) is 50.7 Å². The molecule has 2 aromatic carbocycles. The van der Waals surface area contributed by atoms with Crippen molar-refractivity contribution in [3.8, 4) is 11.5 Å². The zero-order chi connectivity index (χ0) is 24.2. The minimum atomic E-state index is -0.685. The van der Waals surface area contributed by atoms with Crippen LogP contribution in [0, 0.1) is 13.8 Å². The summed E-state index contributed by atoms with van der Waals surface area (Å²) in [5, 5.41) is 5.20. The van der Waals surface area contributed by atoms with Gasteiger partial charge in [0, 0.05) is 12.1 Å². The van der Waals surface area contributed by atoms with Crippen molar-refractivity contribution in [3.05, 3.63) is 58.7 Å². The fraction of sp³-hybridized carbons (Fsp3) is 0.400. The van der Waals surface area contributed by atoms with Gasteiger partial charge in [-0.05, 0) is 75.1 Å². The Labute approximate surface area is 194 Å². The summed E-state index contributed by atoms with van der Waals surface area (Å²) >= 11 is 0. The predicted molar refractivity (Wildman–Crippen MR) is 125 cm³/mol. The van der Waals surface area contributed by atoms with Crippen LogP contribution in [0.2, 0.25) is 0 Å². The van der Waals surface area contributed by atoms with Crippen LogP contribution in [0.3, 0.4) is 0 Å². The molecule has 0 heterocycles. The molecule has 8 nitrogen and oxygen atoms in total. The van der Waals surface area contributed by atoms with Crippen LogP contribution in [0.4, 0.5) is 0 Å². The summed E-state index contributed by atoms with van der Waals surface area (Å²) in [5.74, 6) is -0.125. The lowest BCUT2D eigenvalue weighted by Crippen LogP contribution is -2.34. The van der Waals surface area contributed by atoms with Crippen molar-refractivity contribution < 1.29 is 28.6 Å². The molecule has 0 atom stereocenters. The SMILES string of the molecule is CCOc1ccc(CCNC(=O)COC(=O)CNC(=O)c2ccc(C)c(C)c2)cc1OCC. The van der Waals surface area contributed by atoms with Crippen LogP contribution < -0.4 is 20.1 Å². The van der Waals surface area contributed by atoms with Gasteiger partial charge in [0.15, 0.2) is 18.1 Å². The molecule has 2 rings (SSSR count). The van der Waals surface area contributed by atoms with Gasteiger partial charge in [-0.3, -0.25) is 14.4 Å². The van der Waals surface area contributed by atoms with E-state index in [1.165, 1.54) is 0 Å². The number of ether oxygens (including phenoxy) is 3. The molecule has 0 aliphatic heterocycles. The number of carbonyl (C=O) groups is 3. The van der Waals surface area contributed by atoms with Gasteiger partial charge in [0.2, 0.25) is 0 Å². The van der Waals surface area contributed by atoms with Crippen molar-refractivity contribution in [1.29, 1.82) is 0 Å². The van der Waals surface area contributed by atoms with Crippen LogP contribution in [0.15, 0.2) is 36.4 Å². The first-order chi connectivity index (χ1) is 15.8. The summed E-state index contributed by atoms with van der Waals surface area (Å²) in [7, 11) is 0. The van der Waals surface area contributed by atoms with Crippen molar-refractivity contribution >= 4 is 17.8 Å². The Kier molecular flexibility index (Phi) is 10.2. The van der Waals surface area contributed by atoms with Gasteiger partial charge >= 0.3 is 5.97 Å². The monoisotopic (exact) mass is 456 g/mol. The van der Waals surface area contributed by atoms with Gasteiger partial charge in [0.1, 0.15) is 6.54 Å². The van der Waals surface area contributed by atoms with Gasteiger partial charge in [0.25, 0.3) is 11.8 Å². The third-order valence-electron chi connectivity index (χ3n) is 4.87. The number of carbonyl (C=O) groups excluding carboxylic acids is 3. The Morgan fingerprint density at radius 2 is 1.58 bits per heavy atom. The lowest BCUT2D eigenvalue weighted by Gasteiger charge is -2.12. The largest absolute Gasteiger partial charge is 0.490 e. The first kappa shape index (κ1) is 25.7. The van der Waals surface area contributed by atoms with Crippen LogP contribution >= 0.6 is 0 Å². The molecule has 33 heavy (non-hydrogen) atoms. The van der Waals surface area contributed by atoms with Gasteiger partial charge in [-0.1, -0.05) is 12.1 Å². The van der Waals surface area contributed by atoms with E-state index in [1.807, 2.05) is 52.0 Å². The van der Waals surface area contributed by atoms with Gasteiger partial charge in [-0.2, -0.15) is 0 Å². The highest BCUT2D eigenvalue weighted by Gasteiger charge is 2.12. The van der Waals surface area contributed by atoms with Crippen LogP contribution in [0.1, 0.15) is 40.9 Å². The first-order valence-electron chi connectivity index (χ1n) is 11.0. The summed E-state index contributed by atoms with van der Waals surface area (Å²) in [6, 6.07) is 10.9. The van der Waals surface area contributed by atoms with Crippen LogP contribution in [0.25, 0.3) is 0 Å². The maximum Gasteiger partial charge on any atom is 0.325 e. The second kappa shape index (κ2) is 13.1. The molecule has 0 fully saturated rings. The Hall–Kier alpha value is -3.55. The van der Waals surface area contributed by atoms with E-state index in [0.717, 1.165) is 16.7 Å². The molecule has 0 saturated carbocycles. The molecular formula is C25H32N2O6. The van der Waals surface area contributed by atoms with Gasteiger partial charge in [-0.15, -0.1) is 0 Å². The van der Waals surface area contributed by atoms with E-state index in [0.29, 0.717) is 43.2 Å². The van der Waals surface area contributed by atoms with Gasteiger partial charge in [0.05, 0.1) is 13.2 Å². The van der Waals surface area contributed by atoms with Crippen molar-refractivity contribution in [2.24, 2.45) is 0 Å². The Morgan fingerprint density at radius 3 is 2.27 bits per heavy atom. The number of esters is 1. The summed E-state index contributed by atoms with van der Waals surface area (Å²) in [6.07, 6.45) is 0.582. The highest BCUT2D eigenvalue weighted by Crippen LogP contribution is 2.28. The molecule has 2 aromatic rings. The number of hydrogen-bond acceptors (Lipinski definition) is 6. The maximum absolute atomic E-state index is 12.1. The highest BCUT2D eigenvalue weighted by molar-refractivity contribution is 5.96. The summed E-state index contributed by atoms with van der Waals surface area (Å²) in [6.45, 7) is 8.39. The lowest BCUT2D eigenvalue weighted by molar-refractivity contribution is -0.147. The van der Waals surface area contributed by atoms with E-state index in [9.17, 15) is 14.4 Å². The van der Waals surface area contributed by atoms with E-state index in [-0.39, 0.29) is 12.5 Å². The number of benzene rings is 2. The number of rotatable bonds is 12. The number of amides is 2. The first-order valence-corrected chi connectivity index (χ1v) is 11.0. The second-order valence-electron chi connectivity index (χ2n) is 7.39. The Balaban J connectivity index is 1.70. The number of hydrogen-bond donors (Lipinski definition) is 2. The van der Waals surface area contributed by atoms with E-state index in [1.54, 1.807) is 12.1 Å². The third-order valence-corrected chi connectivity index (χ3v) is 4.87. The van der Waals surface area contributed by atoms with Crippen molar-refractivity contribution in [2.75, 3.05) is 32.9 Å². The Morgan fingerprint density at radius 1 is 0.848 bits per heavy atom. The van der Waals surface area contributed by atoms with Crippen molar-refractivity contribution in [1.82, 2.24) is 10.6 Å². The minimum Gasteiger partial charge on any atom is -0.490 e. The van der Waals surface area contributed by atoms with E-state index >= 15 is 0 Å². The van der Waals surface area contributed by atoms with Crippen molar-refractivity contribution in [2.45, 2.75) is 34.1 Å². The number of nitrogens with one attached hydrogen (secondary N) is 2. The third kappa shape index (κ3) is 8.48. The predicted octanol–water partition coefficient (Wildman–Crippen LogP) is 2.73. The molecule has 178 valence electrons. The minimum absolute atomic E-state index is 0.314. The molecule has 0 aliphatic rings. The zero-order valence-electron chi connectivity index (χ0n) is 19.7. The molecule has 0 saturated heterocycles. The maximum atomic E-state index is 12.1. The molecule has 0 spiro atoms. The molecule has 2 amide bonds. The standard InChI is InChI=1S/C25H32N2O6/c1-5-31-21-10-8-19(14-22(21)32-6-2)11-12-26-23(28)16-33-24(29)15-27-25(30)20-9-7-17(3)18(4)13-20/h7-10,13-14H,5-6,11-12,15-16H2,1-4H3,(H,26,28)(H,27,30). The molecule has 8 heteroatoms. The molecular weight excluding hydrogens is 424 g/mol. The molecule has 0 aliphatic carbocycles. The topological polar surface area (TPSA) is 103 Å². The number of aryl methyl sites for hydroxylation is 2. The van der Waals surface area contributed by atoms with Gasteiger partial charge in [-0.25, -0.2) is 0 Å². The van der Waals surface area contributed by atoms with Crippen molar-refractivity contribution in [3.63, 3.8) is 0 Å². The summed E-state index contributed by atoms with van der Waals surface area (Å²) in [5.41, 5.74) is 3.51. The fourth-order valence-corrected chi connectivity index (χ4v) is 2.98. The molecule has 2 N–H and O–H groups in total. The lowest BCUT2D eigenvalue weighted by atomic mass is 10.1. The molecule has 0 bridgehead atoms. The normalized spacial score (nSPS) is 10.3. The fourth-order valence-electron chi connectivity index (χ4n) is 2.98. The summed E-state index contributed by atoms with van der Waals surface area (Å²) < 4.78 is 16.1. The quantitative estimate of drug-likeness (QED) is 0.476. The molecule has 0 unspecified atom stereocenters. The highest BCUT2D eigenvalue weighted by atomic mass is 16.5. The molecule has 0 radical (unpaired) electrons. The smallest absolute Gasteiger partial charge is 0.325 e.